The molecular formula is C11H14N4. The van der Waals surface area contributed by atoms with Crippen LogP contribution in [0.4, 0.5) is 0 Å². The molecule has 3 rings (SSSR count). The van der Waals surface area contributed by atoms with E-state index in [0.29, 0.717) is 5.92 Å². The largest absolute Gasteiger partial charge is 0.316 e. The molecule has 0 amide bonds. The number of hydrogen-bond donors (Lipinski definition) is 1. The Morgan fingerprint density at radius 1 is 1.47 bits per heavy atom. The first kappa shape index (κ1) is 8.85. The summed E-state index contributed by atoms with van der Waals surface area (Å²) in [6.07, 6.45) is 4.58. The molecule has 1 aliphatic rings. The summed E-state index contributed by atoms with van der Waals surface area (Å²) in [5.74, 6) is 1.77. The van der Waals surface area contributed by atoms with Gasteiger partial charge in [0.05, 0.1) is 0 Å². The summed E-state index contributed by atoms with van der Waals surface area (Å²) < 4.78 is 2.13. The van der Waals surface area contributed by atoms with Gasteiger partial charge in [-0.25, -0.2) is 0 Å². The molecule has 2 aromatic rings. The fourth-order valence-electron chi connectivity index (χ4n) is 1.94. The van der Waals surface area contributed by atoms with E-state index < -0.39 is 0 Å². The second kappa shape index (κ2) is 3.31. The molecule has 4 heteroatoms. The lowest BCUT2D eigenvalue weighted by Crippen LogP contribution is -2.06. The van der Waals surface area contributed by atoms with Crippen LogP contribution in [0.5, 0.6) is 0 Å². The highest BCUT2D eigenvalue weighted by atomic mass is 15.3. The number of aromatic nitrogens is 3. The molecule has 1 N–H and O–H groups in total. The van der Waals surface area contributed by atoms with Crippen LogP contribution in [0.15, 0.2) is 18.3 Å². The summed E-state index contributed by atoms with van der Waals surface area (Å²) in [5.41, 5.74) is 2.20. The highest BCUT2D eigenvalue weighted by Crippen LogP contribution is 2.39. The lowest BCUT2D eigenvalue weighted by atomic mass is 10.2. The summed E-state index contributed by atoms with van der Waals surface area (Å²) in [6, 6.07) is 4.16. The van der Waals surface area contributed by atoms with Gasteiger partial charge in [0.2, 0.25) is 0 Å². The Labute approximate surface area is 88.3 Å². The lowest BCUT2D eigenvalue weighted by molar-refractivity contribution is 0.815. The Morgan fingerprint density at radius 3 is 3.07 bits per heavy atom. The van der Waals surface area contributed by atoms with Gasteiger partial charge in [0.25, 0.3) is 0 Å². The second-order valence-electron chi connectivity index (χ2n) is 4.09. The highest BCUT2D eigenvalue weighted by Gasteiger charge is 2.28. The molecule has 0 aromatic carbocycles. The van der Waals surface area contributed by atoms with Gasteiger partial charge in [-0.3, -0.25) is 4.40 Å². The van der Waals surface area contributed by atoms with E-state index in [9.17, 15) is 0 Å². The third-order valence-electron chi connectivity index (χ3n) is 2.85. The predicted octanol–water partition coefficient (Wildman–Crippen LogP) is 1.33. The minimum Gasteiger partial charge on any atom is -0.316 e. The molecule has 0 spiro atoms. The topological polar surface area (TPSA) is 42.2 Å². The van der Waals surface area contributed by atoms with Crippen LogP contribution in [-0.4, -0.2) is 21.6 Å². The molecule has 1 saturated carbocycles. The Morgan fingerprint density at radius 2 is 2.33 bits per heavy atom. The number of hydrogen-bond acceptors (Lipinski definition) is 3. The first-order valence-corrected chi connectivity index (χ1v) is 5.37. The zero-order valence-corrected chi connectivity index (χ0v) is 8.77. The Hall–Kier alpha value is -1.42. The first-order chi connectivity index (χ1) is 7.40. The van der Waals surface area contributed by atoms with Crippen LogP contribution < -0.4 is 5.32 Å². The van der Waals surface area contributed by atoms with Gasteiger partial charge in [0, 0.05) is 24.2 Å². The van der Waals surface area contributed by atoms with E-state index in [1.54, 1.807) is 0 Å². The summed E-state index contributed by atoms with van der Waals surface area (Å²) >= 11 is 0. The van der Waals surface area contributed by atoms with Crippen molar-refractivity contribution in [3.8, 4) is 0 Å². The molecule has 0 atom stereocenters. The van der Waals surface area contributed by atoms with Gasteiger partial charge in [-0.1, -0.05) is 6.07 Å². The highest BCUT2D eigenvalue weighted by molar-refractivity contribution is 5.47. The first-order valence-electron chi connectivity index (χ1n) is 5.37. The SMILES string of the molecule is CNCc1cccn2c(C3CC3)nnc12. The monoisotopic (exact) mass is 202 g/mol. The van der Waals surface area contributed by atoms with Crippen molar-refractivity contribution in [3.63, 3.8) is 0 Å². The quantitative estimate of drug-likeness (QED) is 0.816. The van der Waals surface area contributed by atoms with E-state index in [2.05, 4.69) is 38.2 Å². The fraction of sp³-hybridized carbons (Fsp3) is 0.455. The van der Waals surface area contributed by atoms with Crippen LogP contribution >= 0.6 is 0 Å². The van der Waals surface area contributed by atoms with Crippen molar-refractivity contribution in [1.29, 1.82) is 0 Å². The summed E-state index contributed by atoms with van der Waals surface area (Å²) in [4.78, 5) is 0. The minimum absolute atomic E-state index is 0.643. The molecule has 2 aromatic heterocycles. The third kappa shape index (κ3) is 1.41. The average molecular weight is 202 g/mol. The molecule has 0 aliphatic heterocycles. The van der Waals surface area contributed by atoms with Gasteiger partial charge in [0.15, 0.2) is 5.65 Å². The zero-order chi connectivity index (χ0) is 10.3. The Balaban J connectivity index is 2.14. The molecule has 0 unspecified atom stereocenters. The molecule has 0 saturated heterocycles. The molecule has 2 heterocycles. The van der Waals surface area contributed by atoms with Crippen LogP contribution in [0.2, 0.25) is 0 Å². The van der Waals surface area contributed by atoms with Crippen molar-refractivity contribution in [2.24, 2.45) is 0 Å². The van der Waals surface area contributed by atoms with E-state index in [-0.39, 0.29) is 0 Å². The zero-order valence-electron chi connectivity index (χ0n) is 8.77. The number of pyridine rings is 1. The lowest BCUT2D eigenvalue weighted by Gasteiger charge is -2.02. The van der Waals surface area contributed by atoms with Gasteiger partial charge in [-0.05, 0) is 26.0 Å². The number of rotatable bonds is 3. The molecule has 0 radical (unpaired) electrons. The average Bonchev–Trinajstić information content (AvgIpc) is 3.00. The molecule has 78 valence electrons. The maximum absolute atomic E-state index is 4.29. The maximum Gasteiger partial charge on any atom is 0.165 e. The second-order valence-corrected chi connectivity index (χ2v) is 4.09. The van der Waals surface area contributed by atoms with Crippen molar-refractivity contribution in [3.05, 3.63) is 29.7 Å². The van der Waals surface area contributed by atoms with Crippen molar-refractivity contribution in [2.45, 2.75) is 25.3 Å². The Kier molecular flexibility index (Phi) is 1.95. The molecule has 0 bridgehead atoms. The summed E-state index contributed by atoms with van der Waals surface area (Å²) in [7, 11) is 1.95. The van der Waals surface area contributed by atoms with Gasteiger partial charge in [-0.2, -0.15) is 0 Å². The Bertz CT molecular complexity index is 484. The minimum atomic E-state index is 0.643. The summed E-state index contributed by atoms with van der Waals surface area (Å²) in [5, 5.41) is 11.7. The van der Waals surface area contributed by atoms with Crippen LogP contribution in [0.3, 0.4) is 0 Å². The third-order valence-corrected chi connectivity index (χ3v) is 2.85. The van der Waals surface area contributed by atoms with Crippen LogP contribution in [0.1, 0.15) is 30.1 Å². The number of nitrogens with zero attached hydrogens (tertiary/aromatic N) is 3. The molecule has 1 fully saturated rings. The standard InChI is InChI=1S/C11H14N4/c1-12-7-9-3-2-6-15-10(8-4-5-8)13-14-11(9)15/h2-3,6,8,12H,4-5,7H2,1H3. The van der Waals surface area contributed by atoms with Crippen molar-refractivity contribution in [1.82, 2.24) is 19.9 Å². The molecular weight excluding hydrogens is 188 g/mol. The fourth-order valence-corrected chi connectivity index (χ4v) is 1.94. The summed E-state index contributed by atoms with van der Waals surface area (Å²) in [6.45, 7) is 0.840. The van der Waals surface area contributed by atoms with Gasteiger partial charge in [0.1, 0.15) is 5.82 Å². The van der Waals surface area contributed by atoms with Gasteiger partial charge < -0.3 is 5.32 Å². The number of nitrogens with one attached hydrogen (secondary N) is 1. The maximum atomic E-state index is 4.29. The normalized spacial score (nSPS) is 16.1. The predicted molar refractivity (Wildman–Crippen MR) is 57.7 cm³/mol. The van der Waals surface area contributed by atoms with Crippen molar-refractivity contribution < 1.29 is 0 Å². The van der Waals surface area contributed by atoms with Crippen molar-refractivity contribution >= 4 is 5.65 Å². The van der Waals surface area contributed by atoms with Crippen LogP contribution in [0.25, 0.3) is 5.65 Å². The van der Waals surface area contributed by atoms with E-state index in [4.69, 9.17) is 0 Å². The van der Waals surface area contributed by atoms with Gasteiger partial charge in [-0.15, -0.1) is 10.2 Å². The smallest absolute Gasteiger partial charge is 0.165 e. The van der Waals surface area contributed by atoms with Crippen LogP contribution in [0, 0.1) is 0 Å². The van der Waals surface area contributed by atoms with E-state index >= 15 is 0 Å². The van der Waals surface area contributed by atoms with Gasteiger partial charge >= 0.3 is 0 Å². The van der Waals surface area contributed by atoms with Crippen molar-refractivity contribution in [2.75, 3.05) is 7.05 Å². The van der Waals surface area contributed by atoms with E-state index in [1.807, 2.05) is 7.05 Å². The molecule has 15 heavy (non-hydrogen) atoms. The van der Waals surface area contributed by atoms with E-state index in [0.717, 1.165) is 18.0 Å². The van der Waals surface area contributed by atoms with E-state index in [1.165, 1.54) is 18.4 Å². The molecule has 1 aliphatic carbocycles. The number of fused-ring (bicyclic) bond motifs is 1. The van der Waals surface area contributed by atoms with Crippen LogP contribution in [-0.2, 0) is 6.54 Å². The molecule has 4 nitrogen and oxygen atoms in total.